The van der Waals surface area contributed by atoms with Gasteiger partial charge in [0.2, 0.25) is 0 Å². The van der Waals surface area contributed by atoms with Gasteiger partial charge in [0.1, 0.15) is 0 Å². The maximum absolute atomic E-state index is 5.91. The van der Waals surface area contributed by atoms with Crippen LogP contribution < -0.4 is 0 Å². The van der Waals surface area contributed by atoms with Gasteiger partial charge < -0.3 is 0 Å². The van der Waals surface area contributed by atoms with Crippen LogP contribution in [0.5, 0.6) is 0 Å². The first-order valence-electron chi connectivity index (χ1n) is 3.78. The third-order valence-corrected chi connectivity index (χ3v) is 2.55. The van der Waals surface area contributed by atoms with Crippen LogP contribution >= 0.6 is 22.9 Å². The molecule has 0 aliphatic heterocycles. The molecule has 64 valence electrons. The summed E-state index contributed by atoms with van der Waals surface area (Å²) in [6.45, 7) is 4.04. The lowest BCUT2D eigenvalue weighted by molar-refractivity contribution is 1.64. The number of halogens is 1. The SMILES string of the molecule is C/C=C\C(Cl)=C/c1ccc(C)s1. The minimum atomic E-state index is 0.777. The fraction of sp³-hybridized carbons (Fsp3) is 0.200. The van der Waals surface area contributed by atoms with Crippen LogP contribution in [0.25, 0.3) is 6.08 Å². The molecular formula is C10H11ClS. The zero-order valence-corrected chi connectivity index (χ0v) is 8.75. The number of allylic oxidation sites excluding steroid dienone is 3. The molecule has 0 saturated heterocycles. The van der Waals surface area contributed by atoms with Crippen molar-refractivity contribution in [1.29, 1.82) is 0 Å². The second-order valence-electron chi connectivity index (χ2n) is 2.48. The largest absolute Gasteiger partial charge is 0.141 e. The molecule has 2 heteroatoms. The van der Waals surface area contributed by atoms with Crippen LogP contribution in [-0.4, -0.2) is 0 Å². The average Bonchev–Trinajstić information content (AvgIpc) is 2.36. The van der Waals surface area contributed by atoms with E-state index in [1.165, 1.54) is 9.75 Å². The van der Waals surface area contributed by atoms with E-state index in [0.29, 0.717) is 0 Å². The van der Waals surface area contributed by atoms with Gasteiger partial charge in [-0.25, -0.2) is 0 Å². The molecule has 0 atom stereocenters. The normalized spacial score (nSPS) is 12.8. The quantitative estimate of drug-likeness (QED) is 0.625. The molecule has 0 aromatic carbocycles. The predicted octanol–water partition coefficient (Wildman–Crippen LogP) is 4.21. The van der Waals surface area contributed by atoms with Crippen LogP contribution in [0.3, 0.4) is 0 Å². The Morgan fingerprint density at radius 1 is 1.50 bits per heavy atom. The smallest absolute Gasteiger partial charge is 0.0416 e. The minimum absolute atomic E-state index is 0.777. The molecule has 0 aliphatic rings. The van der Waals surface area contributed by atoms with E-state index in [-0.39, 0.29) is 0 Å². The summed E-state index contributed by atoms with van der Waals surface area (Å²) < 4.78 is 0. The Kier molecular flexibility index (Phi) is 3.57. The van der Waals surface area contributed by atoms with Gasteiger partial charge in [-0.05, 0) is 38.1 Å². The van der Waals surface area contributed by atoms with E-state index >= 15 is 0 Å². The molecule has 0 aliphatic carbocycles. The molecule has 1 rings (SSSR count). The molecule has 0 amide bonds. The van der Waals surface area contributed by atoms with Crippen molar-refractivity contribution < 1.29 is 0 Å². The van der Waals surface area contributed by atoms with Gasteiger partial charge in [-0.1, -0.05) is 17.7 Å². The molecule has 0 unspecified atom stereocenters. The topological polar surface area (TPSA) is 0 Å². The van der Waals surface area contributed by atoms with Crippen molar-refractivity contribution in [3.05, 3.63) is 39.1 Å². The summed E-state index contributed by atoms with van der Waals surface area (Å²) in [5.41, 5.74) is 0. The van der Waals surface area contributed by atoms with Gasteiger partial charge in [-0.2, -0.15) is 0 Å². The van der Waals surface area contributed by atoms with Crippen molar-refractivity contribution in [2.75, 3.05) is 0 Å². The third-order valence-electron chi connectivity index (χ3n) is 1.37. The Morgan fingerprint density at radius 2 is 2.25 bits per heavy atom. The summed E-state index contributed by atoms with van der Waals surface area (Å²) >= 11 is 7.65. The van der Waals surface area contributed by atoms with E-state index in [4.69, 9.17) is 11.6 Å². The van der Waals surface area contributed by atoms with Crippen molar-refractivity contribution in [3.8, 4) is 0 Å². The Balaban J connectivity index is 2.80. The molecular weight excluding hydrogens is 188 g/mol. The van der Waals surface area contributed by atoms with Crippen molar-refractivity contribution in [1.82, 2.24) is 0 Å². The molecule has 0 saturated carbocycles. The monoisotopic (exact) mass is 198 g/mol. The van der Waals surface area contributed by atoms with Crippen molar-refractivity contribution in [2.45, 2.75) is 13.8 Å². The summed E-state index contributed by atoms with van der Waals surface area (Å²) in [5, 5.41) is 0.777. The van der Waals surface area contributed by atoms with E-state index in [2.05, 4.69) is 19.1 Å². The molecule has 0 radical (unpaired) electrons. The maximum atomic E-state index is 5.91. The zero-order chi connectivity index (χ0) is 8.97. The highest BCUT2D eigenvalue weighted by molar-refractivity contribution is 7.12. The summed E-state index contributed by atoms with van der Waals surface area (Å²) in [7, 11) is 0. The molecule has 0 nitrogen and oxygen atoms in total. The van der Waals surface area contributed by atoms with Gasteiger partial charge in [0, 0.05) is 14.8 Å². The highest BCUT2D eigenvalue weighted by atomic mass is 35.5. The lowest BCUT2D eigenvalue weighted by atomic mass is 10.4. The van der Waals surface area contributed by atoms with Crippen LogP contribution in [0.15, 0.2) is 29.3 Å². The molecule has 12 heavy (non-hydrogen) atoms. The second-order valence-corrected chi connectivity index (χ2v) is 4.23. The summed E-state index contributed by atoms with van der Waals surface area (Å²) in [6, 6.07) is 4.17. The van der Waals surface area contributed by atoms with Gasteiger partial charge in [0.05, 0.1) is 0 Å². The molecule has 1 aromatic heterocycles. The summed E-state index contributed by atoms with van der Waals surface area (Å²) in [6.07, 6.45) is 5.79. The summed E-state index contributed by atoms with van der Waals surface area (Å²) in [4.78, 5) is 2.52. The fourth-order valence-electron chi connectivity index (χ4n) is 0.874. The molecule has 0 bridgehead atoms. The van der Waals surface area contributed by atoms with E-state index < -0.39 is 0 Å². The number of thiophene rings is 1. The lowest BCUT2D eigenvalue weighted by Crippen LogP contribution is -1.61. The van der Waals surface area contributed by atoms with Crippen molar-refractivity contribution in [3.63, 3.8) is 0 Å². The van der Waals surface area contributed by atoms with E-state index in [0.717, 1.165) is 5.03 Å². The molecule has 1 aromatic rings. The van der Waals surface area contributed by atoms with E-state index in [9.17, 15) is 0 Å². The number of hydrogen-bond donors (Lipinski definition) is 0. The average molecular weight is 199 g/mol. The number of aryl methyl sites for hydroxylation is 1. The number of hydrogen-bond acceptors (Lipinski definition) is 1. The van der Waals surface area contributed by atoms with Gasteiger partial charge in [0.15, 0.2) is 0 Å². The summed E-state index contributed by atoms with van der Waals surface area (Å²) in [5.74, 6) is 0. The predicted molar refractivity (Wildman–Crippen MR) is 57.7 cm³/mol. The van der Waals surface area contributed by atoms with E-state index in [1.54, 1.807) is 11.3 Å². The first-order valence-corrected chi connectivity index (χ1v) is 4.98. The molecule has 0 spiro atoms. The van der Waals surface area contributed by atoms with Gasteiger partial charge in [-0.15, -0.1) is 11.3 Å². The van der Waals surface area contributed by atoms with Gasteiger partial charge in [0.25, 0.3) is 0 Å². The highest BCUT2D eigenvalue weighted by Crippen LogP contribution is 2.19. The Labute approximate surface area is 82.2 Å². The van der Waals surface area contributed by atoms with Crippen LogP contribution in [0.1, 0.15) is 16.7 Å². The Bertz CT molecular complexity index is 307. The van der Waals surface area contributed by atoms with E-state index in [1.807, 2.05) is 25.2 Å². The first-order chi connectivity index (χ1) is 5.72. The first kappa shape index (κ1) is 9.56. The fourth-order valence-corrected chi connectivity index (χ4v) is 2.01. The standard InChI is InChI=1S/C10H11ClS/c1-3-4-9(11)7-10-6-5-8(2)12-10/h3-7H,1-2H3/b4-3-,9-7+. The van der Waals surface area contributed by atoms with Crippen LogP contribution in [0.4, 0.5) is 0 Å². The molecule has 0 fully saturated rings. The second kappa shape index (κ2) is 4.48. The highest BCUT2D eigenvalue weighted by Gasteiger charge is 1.92. The zero-order valence-electron chi connectivity index (χ0n) is 7.17. The van der Waals surface area contributed by atoms with Gasteiger partial charge in [-0.3, -0.25) is 0 Å². The molecule has 0 N–H and O–H groups in total. The maximum Gasteiger partial charge on any atom is 0.0416 e. The number of rotatable bonds is 2. The van der Waals surface area contributed by atoms with Crippen LogP contribution in [-0.2, 0) is 0 Å². The minimum Gasteiger partial charge on any atom is -0.141 e. The van der Waals surface area contributed by atoms with Crippen molar-refractivity contribution in [2.24, 2.45) is 0 Å². The van der Waals surface area contributed by atoms with Crippen molar-refractivity contribution >= 4 is 29.0 Å². The van der Waals surface area contributed by atoms with Crippen LogP contribution in [0.2, 0.25) is 0 Å². The lowest BCUT2D eigenvalue weighted by Gasteiger charge is -1.86. The Morgan fingerprint density at radius 3 is 2.75 bits per heavy atom. The Hall–Kier alpha value is -0.530. The van der Waals surface area contributed by atoms with Crippen LogP contribution in [0, 0.1) is 6.92 Å². The molecule has 1 heterocycles. The van der Waals surface area contributed by atoms with Gasteiger partial charge >= 0.3 is 0 Å². The third kappa shape index (κ3) is 2.84.